The van der Waals surface area contributed by atoms with Crippen LogP contribution in [0, 0.1) is 0 Å². The summed E-state index contributed by atoms with van der Waals surface area (Å²) in [7, 11) is 1.75. The highest BCUT2D eigenvalue weighted by Crippen LogP contribution is 2.34. The Labute approximate surface area is 125 Å². The molecule has 0 aliphatic rings. The van der Waals surface area contributed by atoms with Gasteiger partial charge in [-0.25, -0.2) is 0 Å². The molecule has 2 nitrogen and oxygen atoms in total. The first-order chi connectivity index (χ1) is 9.76. The highest BCUT2D eigenvalue weighted by Gasteiger charge is 2.11. The van der Waals surface area contributed by atoms with Gasteiger partial charge in [0.2, 0.25) is 0 Å². The predicted octanol–water partition coefficient (Wildman–Crippen LogP) is 4.40. The summed E-state index contributed by atoms with van der Waals surface area (Å²) in [5, 5.41) is 0. The van der Waals surface area contributed by atoms with E-state index < -0.39 is 0 Å². The molecule has 0 amide bonds. The van der Waals surface area contributed by atoms with Gasteiger partial charge in [0.25, 0.3) is 0 Å². The van der Waals surface area contributed by atoms with Gasteiger partial charge in [-0.05, 0) is 36.1 Å². The molecule has 3 heteroatoms. The zero-order valence-electron chi connectivity index (χ0n) is 12.3. The summed E-state index contributed by atoms with van der Waals surface area (Å²) in [5.74, 6) is 0. The third-order valence-corrected chi connectivity index (χ3v) is 4.70. The molecule has 0 aliphatic carbocycles. The molecule has 2 N–H and O–H groups in total. The van der Waals surface area contributed by atoms with Gasteiger partial charge in [-0.15, -0.1) is 11.3 Å². The van der Waals surface area contributed by atoms with Crippen LogP contribution in [0.25, 0.3) is 10.4 Å². The second kappa shape index (κ2) is 7.58. The van der Waals surface area contributed by atoms with Crippen molar-refractivity contribution in [2.75, 3.05) is 13.7 Å². The second-order valence-electron chi connectivity index (χ2n) is 5.00. The Morgan fingerprint density at radius 3 is 2.75 bits per heavy atom. The van der Waals surface area contributed by atoms with Crippen molar-refractivity contribution in [2.24, 2.45) is 5.73 Å². The van der Waals surface area contributed by atoms with Crippen molar-refractivity contribution < 1.29 is 4.74 Å². The van der Waals surface area contributed by atoms with Crippen LogP contribution in [0.2, 0.25) is 0 Å². The van der Waals surface area contributed by atoms with E-state index in [0.717, 1.165) is 25.9 Å². The Balaban J connectivity index is 2.23. The van der Waals surface area contributed by atoms with Crippen LogP contribution in [0.4, 0.5) is 0 Å². The van der Waals surface area contributed by atoms with Crippen molar-refractivity contribution in [3.8, 4) is 10.4 Å². The molecule has 108 valence electrons. The van der Waals surface area contributed by atoms with E-state index in [-0.39, 0.29) is 6.04 Å². The fourth-order valence-electron chi connectivity index (χ4n) is 2.34. The van der Waals surface area contributed by atoms with Gasteiger partial charge in [0, 0.05) is 22.9 Å². The molecule has 0 aliphatic heterocycles. The third kappa shape index (κ3) is 3.69. The van der Waals surface area contributed by atoms with Crippen LogP contribution in [0.1, 0.15) is 36.2 Å². The lowest BCUT2D eigenvalue weighted by Gasteiger charge is -2.08. The predicted molar refractivity (Wildman–Crippen MR) is 87.2 cm³/mol. The summed E-state index contributed by atoms with van der Waals surface area (Å²) in [6.07, 6.45) is 3.12. The molecule has 1 unspecified atom stereocenters. The fourth-order valence-corrected chi connectivity index (χ4v) is 3.45. The average molecular weight is 289 g/mol. The number of benzene rings is 1. The van der Waals surface area contributed by atoms with E-state index in [9.17, 15) is 0 Å². The maximum Gasteiger partial charge on any atom is 0.0502 e. The molecule has 20 heavy (non-hydrogen) atoms. The Morgan fingerprint density at radius 2 is 2.00 bits per heavy atom. The van der Waals surface area contributed by atoms with Crippen LogP contribution in [-0.4, -0.2) is 13.7 Å². The highest BCUT2D eigenvalue weighted by molar-refractivity contribution is 7.15. The molecule has 1 atom stereocenters. The number of nitrogens with two attached hydrogens (primary N) is 1. The number of thiophene rings is 1. The lowest BCUT2D eigenvalue weighted by Crippen LogP contribution is -2.07. The maximum atomic E-state index is 6.21. The quantitative estimate of drug-likeness (QED) is 0.819. The molecule has 1 aromatic carbocycles. The van der Waals surface area contributed by atoms with Gasteiger partial charge in [-0.3, -0.25) is 0 Å². The highest BCUT2D eigenvalue weighted by atomic mass is 32.1. The van der Waals surface area contributed by atoms with Crippen molar-refractivity contribution in [3.05, 3.63) is 46.8 Å². The van der Waals surface area contributed by atoms with Crippen molar-refractivity contribution in [2.45, 2.75) is 32.2 Å². The summed E-state index contributed by atoms with van der Waals surface area (Å²) >= 11 is 1.82. The average Bonchev–Trinajstić information content (AvgIpc) is 2.95. The van der Waals surface area contributed by atoms with Crippen molar-refractivity contribution in [1.29, 1.82) is 0 Å². The van der Waals surface area contributed by atoms with Gasteiger partial charge in [-0.1, -0.05) is 37.6 Å². The zero-order chi connectivity index (χ0) is 14.4. The number of hydrogen-bond donors (Lipinski definition) is 1. The van der Waals surface area contributed by atoms with Crippen LogP contribution in [0.5, 0.6) is 0 Å². The molecule has 0 saturated heterocycles. The third-order valence-electron chi connectivity index (χ3n) is 3.45. The Hall–Kier alpha value is -1.16. The number of rotatable bonds is 7. The van der Waals surface area contributed by atoms with Gasteiger partial charge in [0.1, 0.15) is 0 Å². The molecular weight excluding hydrogens is 266 g/mol. The molecule has 2 aromatic rings. The van der Waals surface area contributed by atoms with Gasteiger partial charge in [-0.2, -0.15) is 0 Å². The van der Waals surface area contributed by atoms with E-state index in [1.54, 1.807) is 7.11 Å². The SMILES string of the molecule is CCCC(N)c1ccc(-c2ccccc2CCOC)s1. The van der Waals surface area contributed by atoms with E-state index in [1.807, 2.05) is 11.3 Å². The van der Waals surface area contributed by atoms with Gasteiger partial charge >= 0.3 is 0 Å². The minimum atomic E-state index is 0.171. The minimum Gasteiger partial charge on any atom is -0.384 e. The fraction of sp³-hybridized carbons (Fsp3) is 0.412. The van der Waals surface area contributed by atoms with E-state index in [2.05, 4.69) is 43.3 Å². The van der Waals surface area contributed by atoms with E-state index in [1.165, 1.54) is 20.9 Å². The summed E-state index contributed by atoms with van der Waals surface area (Å²) in [4.78, 5) is 2.58. The molecule has 0 bridgehead atoms. The first kappa shape index (κ1) is 15.2. The van der Waals surface area contributed by atoms with Crippen molar-refractivity contribution in [1.82, 2.24) is 0 Å². The largest absolute Gasteiger partial charge is 0.384 e. The summed E-state index contributed by atoms with van der Waals surface area (Å²) < 4.78 is 5.20. The summed E-state index contributed by atoms with van der Waals surface area (Å²) in [5.41, 5.74) is 8.85. The normalized spacial score (nSPS) is 12.6. The van der Waals surface area contributed by atoms with Crippen LogP contribution in [0.3, 0.4) is 0 Å². The van der Waals surface area contributed by atoms with Gasteiger partial charge in [0.05, 0.1) is 6.61 Å². The van der Waals surface area contributed by atoms with E-state index in [4.69, 9.17) is 10.5 Å². The Morgan fingerprint density at radius 1 is 1.20 bits per heavy atom. The smallest absolute Gasteiger partial charge is 0.0502 e. The Kier molecular flexibility index (Phi) is 5.77. The number of methoxy groups -OCH3 is 1. The summed E-state index contributed by atoms with van der Waals surface area (Å²) in [6, 6.07) is 13.1. The lowest BCUT2D eigenvalue weighted by molar-refractivity contribution is 0.202. The second-order valence-corrected chi connectivity index (χ2v) is 6.11. The summed E-state index contributed by atoms with van der Waals surface area (Å²) in [6.45, 7) is 2.93. The van der Waals surface area contributed by atoms with E-state index >= 15 is 0 Å². The van der Waals surface area contributed by atoms with Crippen LogP contribution < -0.4 is 5.73 Å². The van der Waals surface area contributed by atoms with Gasteiger partial charge in [0.15, 0.2) is 0 Å². The minimum absolute atomic E-state index is 0.171. The molecule has 0 spiro atoms. The number of ether oxygens (including phenoxy) is 1. The monoisotopic (exact) mass is 289 g/mol. The van der Waals surface area contributed by atoms with Crippen LogP contribution in [0.15, 0.2) is 36.4 Å². The lowest BCUT2D eigenvalue weighted by atomic mass is 10.0. The number of hydrogen-bond acceptors (Lipinski definition) is 3. The van der Waals surface area contributed by atoms with Crippen molar-refractivity contribution >= 4 is 11.3 Å². The van der Waals surface area contributed by atoms with E-state index in [0.29, 0.717) is 0 Å². The molecule has 1 aromatic heterocycles. The van der Waals surface area contributed by atoms with Crippen molar-refractivity contribution in [3.63, 3.8) is 0 Å². The standard InChI is InChI=1S/C17H23NOS/c1-3-6-15(18)17-10-9-16(20-17)14-8-5-4-7-13(14)11-12-19-2/h4-5,7-10,15H,3,6,11-12,18H2,1-2H3. The maximum absolute atomic E-state index is 6.21. The molecule has 0 fully saturated rings. The Bertz CT molecular complexity index is 535. The molecular formula is C17H23NOS. The van der Waals surface area contributed by atoms with Crippen LogP contribution >= 0.6 is 11.3 Å². The first-order valence-corrected chi connectivity index (χ1v) is 8.00. The zero-order valence-corrected chi connectivity index (χ0v) is 13.1. The first-order valence-electron chi connectivity index (χ1n) is 7.18. The molecule has 1 heterocycles. The van der Waals surface area contributed by atoms with Crippen LogP contribution in [-0.2, 0) is 11.2 Å². The van der Waals surface area contributed by atoms with Gasteiger partial charge < -0.3 is 10.5 Å². The topological polar surface area (TPSA) is 35.2 Å². The molecule has 2 rings (SSSR count). The molecule has 0 radical (unpaired) electrons. The molecule has 0 saturated carbocycles.